The Bertz CT molecular complexity index is 322. The molecule has 2 N–H and O–H groups in total. The van der Waals surface area contributed by atoms with E-state index < -0.39 is 0 Å². The molecule has 1 unspecified atom stereocenters. The van der Waals surface area contributed by atoms with Crippen LogP contribution in [-0.2, 0) is 4.74 Å². The van der Waals surface area contributed by atoms with Crippen molar-refractivity contribution in [1.82, 2.24) is 4.98 Å². The van der Waals surface area contributed by atoms with Crippen LogP contribution in [0.15, 0.2) is 12.1 Å². The van der Waals surface area contributed by atoms with Crippen LogP contribution in [0.1, 0.15) is 24.6 Å². The Hall–Kier alpha value is -1.29. The number of nitrogens with two attached hydrogens (primary N) is 1. The molecule has 1 saturated heterocycles. The lowest BCUT2D eigenvalue weighted by atomic mass is 10.1. The molecule has 0 aliphatic carbocycles. The molecule has 4 heteroatoms. The second-order valence-corrected chi connectivity index (χ2v) is 3.34. The van der Waals surface area contributed by atoms with E-state index in [1.54, 1.807) is 7.11 Å². The van der Waals surface area contributed by atoms with Crippen LogP contribution in [0.5, 0.6) is 5.88 Å². The molecule has 0 bridgehead atoms. The molecule has 0 spiro atoms. The molecule has 1 aliphatic heterocycles. The number of pyridine rings is 1. The van der Waals surface area contributed by atoms with Crippen molar-refractivity contribution in [1.29, 1.82) is 0 Å². The molecule has 2 rings (SSSR count). The summed E-state index contributed by atoms with van der Waals surface area (Å²) in [6.07, 6.45) is 2.24. The van der Waals surface area contributed by atoms with Crippen LogP contribution in [0.2, 0.25) is 0 Å². The van der Waals surface area contributed by atoms with E-state index in [0.717, 1.165) is 25.1 Å². The predicted molar refractivity (Wildman–Crippen MR) is 53.1 cm³/mol. The Balaban J connectivity index is 2.25. The first-order valence-electron chi connectivity index (χ1n) is 4.73. The largest absolute Gasteiger partial charge is 0.480 e. The van der Waals surface area contributed by atoms with Crippen molar-refractivity contribution in [2.24, 2.45) is 0 Å². The van der Waals surface area contributed by atoms with Gasteiger partial charge in [0.15, 0.2) is 0 Å². The maximum absolute atomic E-state index is 5.67. The van der Waals surface area contributed by atoms with E-state index in [1.807, 2.05) is 12.1 Å². The fourth-order valence-corrected chi connectivity index (χ4v) is 1.62. The molecule has 0 radical (unpaired) electrons. The number of hydrogen-bond acceptors (Lipinski definition) is 4. The predicted octanol–water partition coefficient (Wildman–Crippen LogP) is 1.52. The maximum atomic E-state index is 5.67. The number of nitrogen functional groups attached to an aromatic ring is 1. The summed E-state index contributed by atoms with van der Waals surface area (Å²) in [5, 5.41) is 0. The zero-order valence-electron chi connectivity index (χ0n) is 8.19. The van der Waals surface area contributed by atoms with Crippen molar-refractivity contribution >= 4 is 5.69 Å². The quantitative estimate of drug-likeness (QED) is 0.775. The van der Waals surface area contributed by atoms with Gasteiger partial charge in [-0.15, -0.1) is 0 Å². The Labute approximate surface area is 83.0 Å². The third-order valence-corrected chi connectivity index (χ3v) is 2.36. The highest BCUT2D eigenvalue weighted by Crippen LogP contribution is 2.29. The van der Waals surface area contributed by atoms with Gasteiger partial charge in [-0.05, 0) is 25.0 Å². The molecule has 1 aliphatic rings. The number of rotatable bonds is 2. The molecule has 2 heterocycles. The van der Waals surface area contributed by atoms with Gasteiger partial charge >= 0.3 is 0 Å². The van der Waals surface area contributed by atoms with Crippen LogP contribution in [0, 0.1) is 0 Å². The second kappa shape index (κ2) is 3.84. The lowest BCUT2D eigenvalue weighted by Gasteiger charge is -2.10. The summed E-state index contributed by atoms with van der Waals surface area (Å²) >= 11 is 0. The molecule has 4 nitrogen and oxygen atoms in total. The topological polar surface area (TPSA) is 57.4 Å². The van der Waals surface area contributed by atoms with Gasteiger partial charge in [-0.1, -0.05) is 0 Å². The van der Waals surface area contributed by atoms with Crippen molar-refractivity contribution in [3.63, 3.8) is 0 Å². The summed E-state index contributed by atoms with van der Waals surface area (Å²) in [5.74, 6) is 0.484. The monoisotopic (exact) mass is 194 g/mol. The SMILES string of the molecule is COc1nc(C2CCCO2)ccc1N. The minimum Gasteiger partial charge on any atom is -0.480 e. The molecule has 1 aromatic rings. The molecule has 0 aromatic carbocycles. The average Bonchev–Trinajstić information content (AvgIpc) is 2.71. The highest BCUT2D eigenvalue weighted by Gasteiger charge is 2.19. The van der Waals surface area contributed by atoms with E-state index in [9.17, 15) is 0 Å². The van der Waals surface area contributed by atoms with Crippen LogP contribution in [0.25, 0.3) is 0 Å². The van der Waals surface area contributed by atoms with Crippen LogP contribution >= 0.6 is 0 Å². The third kappa shape index (κ3) is 1.65. The summed E-state index contributed by atoms with van der Waals surface area (Å²) in [6, 6.07) is 3.71. The van der Waals surface area contributed by atoms with Gasteiger partial charge in [0.25, 0.3) is 0 Å². The molecular formula is C10H14N2O2. The first-order valence-corrected chi connectivity index (χ1v) is 4.73. The molecule has 14 heavy (non-hydrogen) atoms. The Morgan fingerprint density at radius 1 is 1.57 bits per heavy atom. The first kappa shape index (κ1) is 9.27. The summed E-state index contributed by atoms with van der Waals surface area (Å²) in [6.45, 7) is 0.818. The van der Waals surface area contributed by atoms with E-state index in [0.29, 0.717) is 11.6 Å². The number of aromatic nitrogens is 1. The normalized spacial score (nSPS) is 21.1. The molecule has 0 saturated carbocycles. The maximum Gasteiger partial charge on any atom is 0.237 e. The summed E-state index contributed by atoms with van der Waals surface area (Å²) in [7, 11) is 1.57. The lowest BCUT2D eigenvalue weighted by Crippen LogP contribution is -2.02. The second-order valence-electron chi connectivity index (χ2n) is 3.34. The molecule has 1 fully saturated rings. The van der Waals surface area contributed by atoms with Crippen LogP contribution < -0.4 is 10.5 Å². The van der Waals surface area contributed by atoms with Gasteiger partial charge in [-0.2, -0.15) is 0 Å². The molecule has 1 atom stereocenters. The number of ether oxygens (including phenoxy) is 2. The highest BCUT2D eigenvalue weighted by molar-refractivity contribution is 5.48. The van der Waals surface area contributed by atoms with E-state index in [1.165, 1.54) is 0 Å². The lowest BCUT2D eigenvalue weighted by molar-refractivity contribution is 0.108. The zero-order valence-corrected chi connectivity index (χ0v) is 8.19. The van der Waals surface area contributed by atoms with Gasteiger partial charge in [0.2, 0.25) is 5.88 Å². The zero-order chi connectivity index (χ0) is 9.97. The van der Waals surface area contributed by atoms with Crippen molar-refractivity contribution < 1.29 is 9.47 Å². The van der Waals surface area contributed by atoms with E-state index >= 15 is 0 Å². The Morgan fingerprint density at radius 2 is 2.43 bits per heavy atom. The first-order chi connectivity index (χ1) is 6.81. The standard InChI is InChI=1S/C10H14N2O2/c1-13-10-7(11)4-5-8(12-10)9-3-2-6-14-9/h4-5,9H,2-3,6,11H2,1H3. The number of anilines is 1. The van der Waals surface area contributed by atoms with Gasteiger partial charge in [0.05, 0.1) is 24.6 Å². The molecule has 0 amide bonds. The van der Waals surface area contributed by atoms with Crippen LogP contribution in [-0.4, -0.2) is 18.7 Å². The third-order valence-electron chi connectivity index (χ3n) is 2.36. The van der Waals surface area contributed by atoms with Gasteiger partial charge < -0.3 is 15.2 Å². The average molecular weight is 194 g/mol. The Morgan fingerprint density at radius 3 is 3.07 bits per heavy atom. The van der Waals surface area contributed by atoms with Gasteiger partial charge in [0, 0.05) is 6.61 Å². The minimum absolute atomic E-state index is 0.115. The molecule has 76 valence electrons. The minimum atomic E-state index is 0.115. The summed E-state index contributed by atoms with van der Waals surface area (Å²) in [4.78, 5) is 4.30. The van der Waals surface area contributed by atoms with Crippen LogP contribution in [0.3, 0.4) is 0 Å². The van der Waals surface area contributed by atoms with Gasteiger partial charge in [0.1, 0.15) is 0 Å². The van der Waals surface area contributed by atoms with Gasteiger partial charge in [-0.3, -0.25) is 0 Å². The van der Waals surface area contributed by atoms with Crippen molar-refractivity contribution in [3.05, 3.63) is 17.8 Å². The number of nitrogens with zero attached hydrogens (tertiary/aromatic N) is 1. The fraction of sp³-hybridized carbons (Fsp3) is 0.500. The molecule has 1 aromatic heterocycles. The van der Waals surface area contributed by atoms with Crippen LogP contribution in [0.4, 0.5) is 5.69 Å². The van der Waals surface area contributed by atoms with Crippen molar-refractivity contribution in [3.8, 4) is 5.88 Å². The fourth-order valence-electron chi connectivity index (χ4n) is 1.62. The highest BCUT2D eigenvalue weighted by atomic mass is 16.5. The van der Waals surface area contributed by atoms with E-state index in [4.69, 9.17) is 15.2 Å². The number of hydrogen-bond donors (Lipinski definition) is 1. The van der Waals surface area contributed by atoms with E-state index in [2.05, 4.69) is 4.98 Å². The van der Waals surface area contributed by atoms with E-state index in [-0.39, 0.29) is 6.10 Å². The van der Waals surface area contributed by atoms with Gasteiger partial charge in [-0.25, -0.2) is 4.98 Å². The number of methoxy groups -OCH3 is 1. The summed E-state index contributed by atoms with van der Waals surface area (Å²) < 4.78 is 10.6. The van der Waals surface area contributed by atoms with Crippen molar-refractivity contribution in [2.45, 2.75) is 18.9 Å². The smallest absolute Gasteiger partial charge is 0.237 e. The molecular weight excluding hydrogens is 180 g/mol. The Kier molecular flexibility index (Phi) is 2.54. The summed E-state index contributed by atoms with van der Waals surface area (Å²) in [5.41, 5.74) is 7.15. The van der Waals surface area contributed by atoms with Crippen molar-refractivity contribution in [2.75, 3.05) is 19.5 Å².